The van der Waals surface area contributed by atoms with E-state index in [9.17, 15) is 9.59 Å². The first-order valence-corrected chi connectivity index (χ1v) is 10.7. The van der Waals surface area contributed by atoms with Gasteiger partial charge in [-0.1, -0.05) is 65.8 Å². The van der Waals surface area contributed by atoms with E-state index in [1.54, 1.807) is 24.3 Å². The van der Waals surface area contributed by atoms with E-state index in [4.69, 9.17) is 4.42 Å². The summed E-state index contributed by atoms with van der Waals surface area (Å²) in [7, 11) is 0. The van der Waals surface area contributed by atoms with Crippen molar-refractivity contribution in [3.63, 3.8) is 0 Å². The first-order valence-electron chi connectivity index (χ1n) is 10.7. The molecular formula is C27H20N4O3. The number of nitrogens with zero attached hydrogens (tertiary/aromatic N) is 2. The molecule has 0 saturated carbocycles. The standard InChI is InChI=1S/C27H20N4O3/c32-24(17-21-11-6-10-18-7-4-5-12-23(18)21)28-22-15-13-19(14-16-22)25(33)29-27-31-30-26(34-27)20-8-2-1-3-9-20/h1-16H,17H2,(H,28,32)(H,29,31,33). The highest BCUT2D eigenvalue weighted by Gasteiger charge is 2.13. The first kappa shape index (κ1) is 21.1. The molecule has 2 amide bonds. The molecule has 7 nitrogen and oxygen atoms in total. The molecule has 7 heteroatoms. The molecule has 5 rings (SSSR count). The van der Waals surface area contributed by atoms with E-state index in [0.717, 1.165) is 21.9 Å². The van der Waals surface area contributed by atoms with Crippen LogP contribution in [0.2, 0.25) is 0 Å². The third-order valence-electron chi connectivity index (χ3n) is 5.33. The van der Waals surface area contributed by atoms with Gasteiger partial charge >= 0.3 is 6.01 Å². The number of hydrogen-bond donors (Lipinski definition) is 2. The Kier molecular flexibility index (Phi) is 5.82. The predicted octanol–water partition coefficient (Wildman–Crippen LogP) is 5.32. The van der Waals surface area contributed by atoms with E-state index in [1.807, 2.05) is 72.8 Å². The Morgan fingerprint density at radius 1 is 0.735 bits per heavy atom. The summed E-state index contributed by atoms with van der Waals surface area (Å²) >= 11 is 0. The number of benzene rings is 4. The second-order valence-electron chi connectivity index (χ2n) is 7.67. The lowest BCUT2D eigenvalue weighted by Crippen LogP contribution is -2.15. The Balaban J connectivity index is 1.21. The summed E-state index contributed by atoms with van der Waals surface area (Å²) in [5.74, 6) is -0.204. The zero-order valence-electron chi connectivity index (χ0n) is 18.1. The predicted molar refractivity (Wildman–Crippen MR) is 130 cm³/mol. The number of amides is 2. The molecule has 0 aliphatic heterocycles. The van der Waals surface area contributed by atoms with E-state index in [2.05, 4.69) is 20.8 Å². The van der Waals surface area contributed by atoms with Crippen LogP contribution in [0.15, 0.2) is 101 Å². The second-order valence-corrected chi connectivity index (χ2v) is 7.67. The van der Waals surface area contributed by atoms with Gasteiger partial charge in [0.05, 0.1) is 6.42 Å². The largest absolute Gasteiger partial charge is 0.403 e. The Morgan fingerprint density at radius 2 is 1.47 bits per heavy atom. The Labute approximate surface area is 195 Å². The van der Waals surface area contributed by atoms with Crippen LogP contribution in [0.25, 0.3) is 22.2 Å². The van der Waals surface area contributed by atoms with Crippen LogP contribution in [0, 0.1) is 0 Å². The Bertz CT molecular complexity index is 1460. The quantitative estimate of drug-likeness (QED) is 0.366. The topological polar surface area (TPSA) is 97.1 Å². The van der Waals surface area contributed by atoms with Crippen molar-refractivity contribution >= 4 is 34.3 Å². The molecule has 34 heavy (non-hydrogen) atoms. The average Bonchev–Trinajstić information content (AvgIpc) is 3.34. The SMILES string of the molecule is O=C(Cc1cccc2ccccc12)Nc1ccc(C(=O)Nc2nnc(-c3ccccc3)o2)cc1. The van der Waals surface area contributed by atoms with Gasteiger partial charge in [0.25, 0.3) is 5.91 Å². The van der Waals surface area contributed by atoms with Crippen LogP contribution in [0.1, 0.15) is 15.9 Å². The third-order valence-corrected chi connectivity index (χ3v) is 5.33. The van der Waals surface area contributed by atoms with Crippen LogP contribution in [0.3, 0.4) is 0 Å². The zero-order valence-corrected chi connectivity index (χ0v) is 18.1. The minimum Gasteiger partial charge on any atom is -0.403 e. The Hall–Kier alpha value is -4.78. The molecule has 0 atom stereocenters. The molecular weight excluding hydrogens is 428 g/mol. The van der Waals surface area contributed by atoms with Crippen molar-refractivity contribution < 1.29 is 14.0 Å². The molecule has 166 valence electrons. The van der Waals surface area contributed by atoms with Crippen LogP contribution in [0.5, 0.6) is 0 Å². The van der Waals surface area contributed by atoms with E-state index in [1.165, 1.54) is 0 Å². The van der Waals surface area contributed by atoms with Crippen molar-refractivity contribution in [3.8, 4) is 11.5 Å². The van der Waals surface area contributed by atoms with Crippen molar-refractivity contribution in [2.45, 2.75) is 6.42 Å². The van der Waals surface area contributed by atoms with E-state index < -0.39 is 5.91 Å². The van der Waals surface area contributed by atoms with Crippen molar-refractivity contribution in [2.75, 3.05) is 10.6 Å². The third kappa shape index (κ3) is 4.68. The highest BCUT2D eigenvalue weighted by molar-refractivity contribution is 6.03. The summed E-state index contributed by atoms with van der Waals surface area (Å²) in [6.45, 7) is 0. The van der Waals surface area contributed by atoms with Crippen LogP contribution >= 0.6 is 0 Å². The fraction of sp³-hybridized carbons (Fsp3) is 0.0370. The summed E-state index contributed by atoms with van der Waals surface area (Å²) in [6.07, 6.45) is 0.254. The second kappa shape index (κ2) is 9.38. The maximum Gasteiger partial charge on any atom is 0.322 e. The normalized spacial score (nSPS) is 10.7. The zero-order chi connectivity index (χ0) is 23.3. The number of fused-ring (bicyclic) bond motifs is 1. The monoisotopic (exact) mass is 448 g/mol. The van der Waals surface area contributed by atoms with E-state index >= 15 is 0 Å². The smallest absolute Gasteiger partial charge is 0.322 e. The van der Waals surface area contributed by atoms with Crippen LogP contribution in [-0.2, 0) is 11.2 Å². The molecule has 0 spiro atoms. The minimum absolute atomic E-state index is 0.0105. The van der Waals surface area contributed by atoms with Crippen molar-refractivity contribution in [1.29, 1.82) is 0 Å². The molecule has 0 fully saturated rings. The van der Waals surface area contributed by atoms with Gasteiger partial charge in [-0.05, 0) is 52.7 Å². The fourth-order valence-electron chi connectivity index (χ4n) is 3.67. The number of hydrogen-bond acceptors (Lipinski definition) is 5. The van der Waals surface area contributed by atoms with Gasteiger partial charge in [-0.15, -0.1) is 5.10 Å². The molecule has 1 heterocycles. The molecule has 4 aromatic carbocycles. The van der Waals surface area contributed by atoms with Crippen molar-refractivity contribution in [2.24, 2.45) is 0 Å². The average molecular weight is 448 g/mol. The highest BCUT2D eigenvalue weighted by Crippen LogP contribution is 2.21. The van der Waals surface area contributed by atoms with Gasteiger partial charge < -0.3 is 9.73 Å². The number of carbonyl (C=O) groups excluding carboxylic acids is 2. The van der Waals surface area contributed by atoms with Gasteiger partial charge in [-0.2, -0.15) is 0 Å². The Morgan fingerprint density at radius 3 is 2.29 bits per heavy atom. The summed E-state index contributed by atoms with van der Waals surface area (Å²) in [5.41, 5.74) is 2.72. The number of aromatic nitrogens is 2. The van der Waals surface area contributed by atoms with Gasteiger partial charge in [-0.25, -0.2) is 0 Å². The maximum absolute atomic E-state index is 12.6. The minimum atomic E-state index is -0.392. The van der Waals surface area contributed by atoms with Gasteiger partial charge in [0.15, 0.2) is 0 Å². The lowest BCUT2D eigenvalue weighted by molar-refractivity contribution is -0.115. The van der Waals surface area contributed by atoms with Crippen LogP contribution < -0.4 is 10.6 Å². The summed E-state index contributed by atoms with van der Waals surface area (Å²) in [5, 5.41) is 15.5. The number of nitrogens with one attached hydrogen (secondary N) is 2. The highest BCUT2D eigenvalue weighted by atomic mass is 16.4. The molecule has 0 aliphatic rings. The molecule has 1 aromatic heterocycles. The molecule has 2 N–H and O–H groups in total. The molecule has 0 aliphatic carbocycles. The summed E-state index contributed by atoms with van der Waals surface area (Å²) in [6, 6.07) is 29.8. The number of carbonyl (C=O) groups is 2. The molecule has 0 saturated heterocycles. The van der Waals surface area contributed by atoms with Crippen LogP contribution in [0.4, 0.5) is 11.7 Å². The van der Waals surface area contributed by atoms with Gasteiger partial charge in [0.2, 0.25) is 11.8 Å². The van der Waals surface area contributed by atoms with Crippen molar-refractivity contribution in [1.82, 2.24) is 10.2 Å². The molecule has 5 aromatic rings. The van der Waals surface area contributed by atoms with Crippen LogP contribution in [-0.4, -0.2) is 22.0 Å². The molecule has 0 unspecified atom stereocenters. The number of anilines is 2. The van der Waals surface area contributed by atoms with Crippen molar-refractivity contribution in [3.05, 3.63) is 108 Å². The number of rotatable bonds is 6. The van der Waals surface area contributed by atoms with Gasteiger partial charge in [0, 0.05) is 16.8 Å². The first-order chi connectivity index (χ1) is 16.7. The fourth-order valence-corrected chi connectivity index (χ4v) is 3.67. The maximum atomic E-state index is 12.6. The van der Waals surface area contributed by atoms with E-state index in [0.29, 0.717) is 17.1 Å². The lowest BCUT2D eigenvalue weighted by Gasteiger charge is -2.08. The molecule has 0 radical (unpaired) electrons. The molecule has 0 bridgehead atoms. The summed E-state index contributed by atoms with van der Waals surface area (Å²) in [4.78, 5) is 25.1. The summed E-state index contributed by atoms with van der Waals surface area (Å²) < 4.78 is 5.51. The van der Waals surface area contributed by atoms with Gasteiger partial charge in [-0.3, -0.25) is 14.9 Å². The lowest BCUT2D eigenvalue weighted by atomic mass is 10.0. The van der Waals surface area contributed by atoms with Gasteiger partial charge in [0.1, 0.15) is 0 Å². The van der Waals surface area contributed by atoms with E-state index in [-0.39, 0.29) is 18.3 Å².